The van der Waals surface area contributed by atoms with Gasteiger partial charge in [0.15, 0.2) is 6.10 Å². The number of aliphatic hydroxyl groups is 1. The maximum atomic E-state index is 12.2. The van der Waals surface area contributed by atoms with Gasteiger partial charge in [0.05, 0.1) is 6.54 Å². The van der Waals surface area contributed by atoms with E-state index in [1.54, 1.807) is 6.07 Å². The van der Waals surface area contributed by atoms with Crippen LogP contribution in [0.4, 0.5) is 18.9 Å². The first-order chi connectivity index (χ1) is 9.61. The van der Waals surface area contributed by atoms with Crippen LogP contribution in [0.5, 0.6) is 0 Å². The second-order valence-electron chi connectivity index (χ2n) is 4.21. The van der Waals surface area contributed by atoms with Crippen molar-refractivity contribution in [2.45, 2.75) is 12.3 Å². The minimum Gasteiger partial charge on any atom is -0.382 e. The number of benzene rings is 1. The molecule has 0 aromatic heterocycles. The van der Waals surface area contributed by atoms with Crippen LogP contribution < -0.4 is 5.32 Å². The van der Waals surface area contributed by atoms with Gasteiger partial charge in [-0.3, -0.25) is 9.59 Å². The summed E-state index contributed by atoms with van der Waals surface area (Å²) in [4.78, 5) is 23.7. The normalized spacial score (nSPS) is 12.7. The summed E-state index contributed by atoms with van der Waals surface area (Å²) in [5.41, 5.74) is 0.227. The van der Waals surface area contributed by atoms with Gasteiger partial charge in [-0.25, -0.2) is 0 Å². The van der Waals surface area contributed by atoms with Gasteiger partial charge >= 0.3 is 18.0 Å². The van der Waals surface area contributed by atoms with Crippen LogP contribution in [0.2, 0.25) is 5.02 Å². The second-order valence-corrected chi connectivity index (χ2v) is 4.64. The number of likely N-dealkylation sites (N-methyl/N-ethyl adjacent to an activating group) is 1. The first-order valence-corrected chi connectivity index (χ1v) is 6.06. The molecule has 1 aromatic rings. The van der Waals surface area contributed by atoms with Crippen molar-refractivity contribution in [2.75, 3.05) is 18.9 Å². The highest BCUT2D eigenvalue weighted by Gasteiger charge is 2.39. The van der Waals surface area contributed by atoms with E-state index in [1.165, 1.54) is 18.2 Å². The highest BCUT2D eigenvalue weighted by Crippen LogP contribution is 2.20. The fourth-order valence-corrected chi connectivity index (χ4v) is 1.56. The minimum absolute atomic E-state index is 0.227. The first-order valence-electron chi connectivity index (χ1n) is 5.68. The first kappa shape index (κ1) is 17.3. The Morgan fingerprint density at radius 1 is 1.43 bits per heavy atom. The number of halogens is 4. The number of nitrogens with zero attached hydrogens (tertiary/aromatic N) is 1. The van der Waals surface area contributed by atoms with Crippen molar-refractivity contribution < 1.29 is 27.9 Å². The van der Waals surface area contributed by atoms with Crippen LogP contribution in [-0.2, 0) is 9.59 Å². The van der Waals surface area contributed by atoms with Crippen molar-refractivity contribution in [1.82, 2.24) is 4.90 Å². The Morgan fingerprint density at radius 3 is 2.57 bits per heavy atom. The predicted molar refractivity (Wildman–Crippen MR) is 69.8 cm³/mol. The molecule has 1 atom stereocenters. The molecule has 0 spiro atoms. The van der Waals surface area contributed by atoms with Crippen molar-refractivity contribution in [2.24, 2.45) is 0 Å². The van der Waals surface area contributed by atoms with E-state index in [0.29, 0.717) is 9.92 Å². The smallest absolute Gasteiger partial charge is 0.382 e. The molecule has 2 amide bonds. The molecular formula is C12H12ClF3N2O3. The lowest BCUT2D eigenvalue weighted by atomic mass is 10.3. The predicted octanol–water partition coefficient (Wildman–Crippen LogP) is 1.66. The lowest BCUT2D eigenvalue weighted by Crippen LogP contribution is -2.45. The van der Waals surface area contributed by atoms with Crippen LogP contribution in [0.1, 0.15) is 0 Å². The van der Waals surface area contributed by atoms with Gasteiger partial charge in [-0.15, -0.1) is 0 Å². The maximum absolute atomic E-state index is 12.2. The van der Waals surface area contributed by atoms with Crippen molar-refractivity contribution in [3.63, 3.8) is 0 Å². The molecule has 0 aliphatic rings. The van der Waals surface area contributed by atoms with E-state index < -0.39 is 30.6 Å². The SMILES string of the molecule is CN(C[C@@H](O)C(F)(F)F)C(=O)C(=O)Nc1cccc(Cl)c1. The topological polar surface area (TPSA) is 69.6 Å². The molecule has 116 valence electrons. The summed E-state index contributed by atoms with van der Waals surface area (Å²) in [6.07, 6.45) is -7.58. The zero-order valence-electron chi connectivity index (χ0n) is 10.8. The Hall–Kier alpha value is -1.80. The highest BCUT2D eigenvalue weighted by molar-refractivity contribution is 6.39. The number of aliphatic hydroxyl groups excluding tert-OH is 1. The largest absolute Gasteiger partial charge is 0.416 e. The molecule has 1 rings (SSSR count). The maximum Gasteiger partial charge on any atom is 0.416 e. The van der Waals surface area contributed by atoms with Crippen LogP contribution in [0, 0.1) is 0 Å². The Morgan fingerprint density at radius 2 is 2.05 bits per heavy atom. The van der Waals surface area contributed by atoms with Crippen molar-refractivity contribution in [3.05, 3.63) is 29.3 Å². The molecule has 0 saturated carbocycles. The molecule has 2 N–H and O–H groups in total. The third-order valence-electron chi connectivity index (χ3n) is 2.45. The summed E-state index contributed by atoms with van der Waals surface area (Å²) in [6, 6.07) is 5.91. The lowest BCUT2D eigenvalue weighted by Gasteiger charge is -2.21. The Kier molecular flexibility index (Phi) is 5.56. The summed E-state index contributed by atoms with van der Waals surface area (Å²) in [7, 11) is 0.981. The van der Waals surface area contributed by atoms with E-state index in [4.69, 9.17) is 16.7 Å². The highest BCUT2D eigenvalue weighted by atomic mass is 35.5. The molecule has 0 saturated heterocycles. The summed E-state index contributed by atoms with van der Waals surface area (Å²) in [6.45, 7) is -1.04. The van der Waals surface area contributed by atoms with Crippen LogP contribution in [-0.4, -0.2) is 47.7 Å². The van der Waals surface area contributed by atoms with E-state index >= 15 is 0 Å². The number of alkyl halides is 3. The Bertz CT molecular complexity index is 537. The van der Waals surface area contributed by atoms with E-state index in [2.05, 4.69) is 5.32 Å². The van der Waals surface area contributed by atoms with Gasteiger partial charge in [-0.05, 0) is 18.2 Å². The average Bonchev–Trinajstić information content (AvgIpc) is 2.36. The number of carbonyl (C=O) groups is 2. The van der Waals surface area contributed by atoms with E-state index in [1.807, 2.05) is 0 Å². The molecule has 0 bridgehead atoms. The van der Waals surface area contributed by atoms with Gasteiger partial charge in [0.2, 0.25) is 0 Å². The van der Waals surface area contributed by atoms with Gasteiger partial charge in [0.1, 0.15) is 0 Å². The van der Waals surface area contributed by atoms with Crippen LogP contribution in [0.15, 0.2) is 24.3 Å². The Labute approximate surface area is 123 Å². The molecule has 0 heterocycles. The van der Waals surface area contributed by atoms with Crippen LogP contribution in [0.25, 0.3) is 0 Å². The zero-order valence-corrected chi connectivity index (χ0v) is 11.6. The van der Waals surface area contributed by atoms with E-state index in [0.717, 1.165) is 7.05 Å². The van der Waals surface area contributed by atoms with Gasteiger partial charge in [-0.1, -0.05) is 17.7 Å². The molecule has 0 radical (unpaired) electrons. The second kappa shape index (κ2) is 6.77. The third kappa shape index (κ3) is 5.24. The van der Waals surface area contributed by atoms with Crippen LogP contribution >= 0.6 is 11.6 Å². The zero-order chi connectivity index (χ0) is 16.2. The molecule has 21 heavy (non-hydrogen) atoms. The minimum atomic E-state index is -4.86. The monoisotopic (exact) mass is 324 g/mol. The number of carbonyl (C=O) groups excluding carboxylic acids is 2. The fourth-order valence-electron chi connectivity index (χ4n) is 1.37. The third-order valence-corrected chi connectivity index (χ3v) is 2.68. The number of hydrogen-bond donors (Lipinski definition) is 2. The molecule has 0 unspecified atom stereocenters. The van der Waals surface area contributed by atoms with Crippen molar-refractivity contribution in [1.29, 1.82) is 0 Å². The average molecular weight is 325 g/mol. The number of nitrogens with one attached hydrogen (secondary N) is 1. The van der Waals surface area contributed by atoms with Gasteiger partial charge in [0.25, 0.3) is 0 Å². The number of hydrogen-bond acceptors (Lipinski definition) is 3. The van der Waals surface area contributed by atoms with Crippen molar-refractivity contribution >= 4 is 29.1 Å². The van der Waals surface area contributed by atoms with Crippen molar-refractivity contribution in [3.8, 4) is 0 Å². The van der Waals surface area contributed by atoms with Gasteiger partial charge in [-0.2, -0.15) is 13.2 Å². The number of amides is 2. The summed E-state index contributed by atoms with van der Waals surface area (Å²) >= 11 is 5.68. The molecule has 1 aromatic carbocycles. The molecular weight excluding hydrogens is 313 g/mol. The summed E-state index contributed by atoms with van der Waals surface area (Å²) in [5.74, 6) is -2.34. The molecule has 0 fully saturated rings. The number of anilines is 1. The van der Waals surface area contributed by atoms with Gasteiger partial charge < -0.3 is 15.3 Å². The summed E-state index contributed by atoms with van der Waals surface area (Å²) in [5, 5.41) is 11.4. The van der Waals surface area contributed by atoms with E-state index in [9.17, 15) is 22.8 Å². The number of rotatable bonds is 3. The van der Waals surface area contributed by atoms with Gasteiger partial charge in [0, 0.05) is 17.8 Å². The molecule has 0 aliphatic heterocycles. The standard InChI is InChI=1S/C12H12ClF3N2O3/c1-18(6-9(19)12(14,15)16)11(21)10(20)17-8-4-2-3-7(13)5-8/h2-5,9,19H,6H2,1H3,(H,17,20)/t9-/m1/s1. The molecule has 0 aliphatic carbocycles. The Balaban J connectivity index is 2.64. The van der Waals surface area contributed by atoms with Crippen LogP contribution in [0.3, 0.4) is 0 Å². The summed E-state index contributed by atoms with van der Waals surface area (Å²) < 4.78 is 36.5. The quantitative estimate of drug-likeness (QED) is 0.831. The molecule has 5 nitrogen and oxygen atoms in total. The van der Waals surface area contributed by atoms with E-state index in [-0.39, 0.29) is 5.69 Å². The molecule has 9 heteroatoms. The fraction of sp³-hybridized carbons (Fsp3) is 0.333. The lowest BCUT2D eigenvalue weighted by molar-refractivity contribution is -0.207.